The maximum atomic E-state index is 12.9. The minimum absolute atomic E-state index is 0.258. The molecule has 4 nitrogen and oxygen atoms in total. The topological polar surface area (TPSA) is 32.5 Å². The maximum Gasteiger partial charge on any atom is 0.375 e. The summed E-state index contributed by atoms with van der Waals surface area (Å²) >= 11 is 31.2. The lowest BCUT2D eigenvalue weighted by Crippen LogP contribution is -2.27. The average molecular weight is 726 g/mol. The number of likely N-dealkylation sites (N-methyl/N-ethyl adjacent to an activating group) is 1. The first-order valence-corrected chi connectivity index (χ1v) is 17.6. The zero-order chi connectivity index (χ0) is 32.9. The van der Waals surface area contributed by atoms with Gasteiger partial charge in [-0.1, -0.05) is 49.2 Å². The Hall–Kier alpha value is -1.86. The molecule has 2 aromatic rings. The molecule has 238 valence electrons. The zero-order valence-electron chi connectivity index (χ0n) is 26.1. The van der Waals surface area contributed by atoms with Crippen molar-refractivity contribution in [3.63, 3.8) is 0 Å². The lowest BCUT2D eigenvalue weighted by atomic mass is 9.81. The zero-order valence-corrected chi connectivity index (χ0v) is 30.7. The molecule has 1 aliphatic carbocycles. The van der Waals surface area contributed by atoms with Crippen LogP contribution in [0.2, 0.25) is 10.0 Å². The first-order chi connectivity index (χ1) is 21.1. The van der Waals surface area contributed by atoms with Crippen LogP contribution >= 0.6 is 69.8 Å². The molecule has 0 saturated carbocycles. The molecule has 0 unspecified atom stereocenters. The fraction of sp³-hybridized carbons (Fsp3) is 0.371. The predicted molar refractivity (Wildman–Crippen MR) is 193 cm³/mol. The third kappa shape index (κ3) is 6.77. The van der Waals surface area contributed by atoms with Crippen molar-refractivity contribution in [2.24, 2.45) is 0 Å². The molecular formula is C35H36Cl5N2O2S+. The number of benzene rings is 2. The van der Waals surface area contributed by atoms with Crippen molar-refractivity contribution in [2.45, 2.75) is 69.2 Å². The Balaban J connectivity index is 1.56. The highest BCUT2D eigenvalue weighted by molar-refractivity contribution is 8.16. The summed E-state index contributed by atoms with van der Waals surface area (Å²) in [6.07, 6.45) is 10.1. The minimum atomic E-state index is -2.15. The summed E-state index contributed by atoms with van der Waals surface area (Å²) in [4.78, 5) is 16.1. The van der Waals surface area contributed by atoms with Gasteiger partial charge in [0.25, 0.3) is 0 Å². The lowest BCUT2D eigenvalue weighted by Gasteiger charge is -2.26. The van der Waals surface area contributed by atoms with E-state index in [0.717, 1.165) is 86.6 Å². The van der Waals surface area contributed by atoms with E-state index >= 15 is 0 Å². The van der Waals surface area contributed by atoms with Crippen molar-refractivity contribution in [1.29, 1.82) is 0 Å². The molecule has 0 radical (unpaired) electrons. The molecule has 3 aliphatic rings. The third-order valence-corrected chi connectivity index (χ3v) is 10.5. The first kappa shape index (κ1) is 34.5. The molecule has 0 spiro atoms. The smallest absolute Gasteiger partial charge is 0.375 e. The van der Waals surface area contributed by atoms with Crippen molar-refractivity contribution < 1.29 is 14.1 Å². The molecule has 45 heavy (non-hydrogen) atoms. The van der Waals surface area contributed by atoms with Crippen molar-refractivity contribution in [1.82, 2.24) is 0 Å². The Labute approximate surface area is 295 Å². The molecule has 10 heteroatoms. The van der Waals surface area contributed by atoms with E-state index in [-0.39, 0.29) is 10.8 Å². The highest BCUT2D eigenvalue weighted by Crippen LogP contribution is 2.49. The Kier molecular flexibility index (Phi) is 9.94. The van der Waals surface area contributed by atoms with Gasteiger partial charge in [-0.2, -0.15) is 4.58 Å². The molecule has 2 aromatic carbocycles. The number of rotatable bonds is 6. The van der Waals surface area contributed by atoms with Crippen LogP contribution in [-0.2, 0) is 15.6 Å². The van der Waals surface area contributed by atoms with Crippen LogP contribution in [0.15, 0.2) is 82.5 Å². The summed E-state index contributed by atoms with van der Waals surface area (Å²) in [5.41, 5.74) is 8.52. The molecule has 5 rings (SSSR count). The van der Waals surface area contributed by atoms with E-state index in [1.165, 1.54) is 11.1 Å². The SMILES string of the molecule is CCN1/C(=C/C=C2\CCC(/C=C/C3=[N+](CC)c4ccc(Cl)cc4C3(C)C)=C2SC(=O)OC(Cl)(Cl)Cl)C(C)(C)c2cc(Cl)ccc21. The van der Waals surface area contributed by atoms with Gasteiger partial charge < -0.3 is 9.64 Å². The minimum Gasteiger partial charge on any atom is -0.406 e. The van der Waals surface area contributed by atoms with Crippen LogP contribution in [0.1, 0.15) is 65.5 Å². The number of fused-ring (bicyclic) bond motifs is 2. The molecule has 0 fully saturated rings. The quantitative estimate of drug-likeness (QED) is 0.169. The number of thioether (sulfide) groups is 1. The van der Waals surface area contributed by atoms with Crippen LogP contribution in [0.3, 0.4) is 0 Å². The highest BCUT2D eigenvalue weighted by Gasteiger charge is 2.44. The lowest BCUT2D eigenvalue weighted by molar-refractivity contribution is -0.433. The monoisotopic (exact) mass is 723 g/mol. The van der Waals surface area contributed by atoms with Crippen molar-refractivity contribution in [3.8, 4) is 0 Å². The standard InChI is InChI=1S/C35H36Cl5N2O2S/c1-7-41-27-15-13-23(36)19-25(27)33(3,4)29(41)17-11-21-9-10-22(31(21)45-32(43)44-35(38,39)40)12-18-30-34(5,6)26-20-24(37)14-16-28(26)42(30)8-2/h11-20H,7-10H2,1-6H3/q+1. The summed E-state index contributed by atoms with van der Waals surface area (Å²) in [5.74, 6) is 0. The Morgan fingerprint density at radius 1 is 0.956 bits per heavy atom. The van der Waals surface area contributed by atoms with Gasteiger partial charge in [0.05, 0.1) is 5.41 Å². The van der Waals surface area contributed by atoms with Gasteiger partial charge in [-0.15, -0.1) is 0 Å². The van der Waals surface area contributed by atoms with Gasteiger partial charge >= 0.3 is 9.28 Å². The summed E-state index contributed by atoms with van der Waals surface area (Å²) < 4.78 is 5.23. The van der Waals surface area contributed by atoms with Gasteiger partial charge in [-0.05, 0) is 140 Å². The summed E-state index contributed by atoms with van der Waals surface area (Å²) in [5, 5.41) is 0.755. The van der Waals surface area contributed by atoms with E-state index in [1.807, 2.05) is 24.3 Å². The van der Waals surface area contributed by atoms with E-state index < -0.39 is 9.28 Å². The Morgan fingerprint density at radius 2 is 1.62 bits per heavy atom. The van der Waals surface area contributed by atoms with E-state index in [1.54, 1.807) is 0 Å². The number of carbonyl (C=O) groups excluding carboxylic acids is 1. The first-order valence-electron chi connectivity index (χ1n) is 14.9. The van der Waals surface area contributed by atoms with Crippen molar-refractivity contribution in [3.05, 3.63) is 104 Å². The second kappa shape index (κ2) is 13.0. The molecule has 0 N–H and O–H groups in total. The number of alkyl halides is 3. The summed E-state index contributed by atoms with van der Waals surface area (Å²) in [7, 11) is 0. The number of ether oxygens (including phenoxy) is 1. The van der Waals surface area contributed by atoms with Crippen LogP contribution < -0.4 is 4.90 Å². The Morgan fingerprint density at radius 3 is 2.27 bits per heavy atom. The molecule has 0 aromatic heterocycles. The van der Waals surface area contributed by atoms with E-state index in [4.69, 9.17) is 62.7 Å². The van der Waals surface area contributed by atoms with Gasteiger partial charge in [-0.25, -0.2) is 4.79 Å². The molecule has 0 atom stereocenters. The summed E-state index contributed by atoms with van der Waals surface area (Å²) in [6, 6.07) is 12.1. The highest BCUT2D eigenvalue weighted by atomic mass is 35.6. The largest absolute Gasteiger partial charge is 0.406 e. The molecule has 0 bridgehead atoms. The van der Waals surface area contributed by atoms with Crippen LogP contribution in [-0.4, -0.2) is 32.7 Å². The maximum absolute atomic E-state index is 12.9. The van der Waals surface area contributed by atoms with Gasteiger partial charge in [0.1, 0.15) is 6.54 Å². The Bertz CT molecular complexity index is 1710. The number of halogens is 5. The van der Waals surface area contributed by atoms with Crippen LogP contribution in [0.25, 0.3) is 0 Å². The molecule has 2 aliphatic heterocycles. The van der Waals surface area contributed by atoms with Gasteiger partial charge in [-0.3, -0.25) is 0 Å². The summed E-state index contributed by atoms with van der Waals surface area (Å²) in [6.45, 7) is 14.7. The number of allylic oxidation sites excluding steroid dienone is 7. The molecule has 2 heterocycles. The van der Waals surface area contributed by atoms with E-state index in [0.29, 0.717) is 0 Å². The van der Waals surface area contributed by atoms with Gasteiger partial charge in [0, 0.05) is 56.0 Å². The van der Waals surface area contributed by atoms with Crippen molar-refractivity contribution in [2.75, 3.05) is 18.0 Å². The number of anilines is 1. The van der Waals surface area contributed by atoms with Gasteiger partial charge in [0.2, 0.25) is 5.69 Å². The molecule has 0 saturated heterocycles. The number of hydrogen-bond donors (Lipinski definition) is 0. The molecular weight excluding hydrogens is 690 g/mol. The number of hydrogen-bond acceptors (Lipinski definition) is 4. The predicted octanol–water partition coefficient (Wildman–Crippen LogP) is 11.8. The normalized spacial score (nSPS) is 20.6. The van der Waals surface area contributed by atoms with Crippen LogP contribution in [0, 0.1) is 0 Å². The fourth-order valence-corrected chi connectivity index (χ4v) is 8.31. The van der Waals surface area contributed by atoms with Crippen LogP contribution in [0.5, 0.6) is 0 Å². The fourth-order valence-electron chi connectivity index (χ4n) is 6.69. The van der Waals surface area contributed by atoms with E-state index in [9.17, 15) is 4.79 Å². The second-order valence-corrected chi connectivity index (χ2v) is 16.3. The number of carbonyl (C=O) groups is 1. The van der Waals surface area contributed by atoms with Gasteiger partial charge in [0.15, 0.2) is 5.71 Å². The second-order valence-electron chi connectivity index (χ2n) is 12.3. The van der Waals surface area contributed by atoms with Crippen molar-refractivity contribution >= 4 is 92.2 Å². The van der Waals surface area contributed by atoms with Crippen LogP contribution in [0.4, 0.5) is 16.2 Å². The third-order valence-electron chi connectivity index (χ3n) is 8.86. The average Bonchev–Trinajstić information content (AvgIpc) is 3.49. The molecule has 0 amide bonds. The van der Waals surface area contributed by atoms with E-state index in [2.05, 4.69) is 87.5 Å². The number of nitrogens with zero attached hydrogens (tertiary/aromatic N) is 2.